The molecular formula is C13H15NO. The summed E-state index contributed by atoms with van der Waals surface area (Å²) in [7, 11) is 0. The van der Waals surface area contributed by atoms with Crippen LogP contribution in [0, 0.1) is 20.8 Å². The molecule has 0 radical (unpaired) electrons. The summed E-state index contributed by atoms with van der Waals surface area (Å²) in [6, 6.07) is 8.11. The van der Waals surface area contributed by atoms with Gasteiger partial charge in [-0.2, -0.15) is 0 Å². The first-order valence-electron chi connectivity index (χ1n) is 5.01. The zero-order valence-electron chi connectivity index (χ0n) is 9.29. The summed E-state index contributed by atoms with van der Waals surface area (Å²) in [5.74, 6) is 1.84. The van der Waals surface area contributed by atoms with Gasteiger partial charge in [0.1, 0.15) is 11.5 Å². The molecule has 1 aromatic heterocycles. The number of hydrogen-bond donors (Lipinski definition) is 1. The molecule has 0 atom stereocenters. The Balaban J connectivity index is 2.59. The number of hydrogen-bond acceptors (Lipinski definition) is 2. The predicted octanol–water partition coefficient (Wildman–Crippen LogP) is 3.45. The zero-order chi connectivity index (χ0) is 11.0. The maximum Gasteiger partial charge on any atom is 0.108 e. The van der Waals surface area contributed by atoms with E-state index in [4.69, 9.17) is 10.2 Å². The molecule has 0 unspecified atom stereocenters. The number of furan rings is 1. The van der Waals surface area contributed by atoms with E-state index in [0.717, 1.165) is 28.3 Å². The fourth-order valence-electron chi connectivity index (χ4n) is 1.83. The smallest absolute Gasteiger partial charge is 0.108 e. The quantitative estimate of drug-likeness (QED) is 0.718. The van der Waals surface area contributed by atoms with Crippen molar-refractivity contribution in [1.82, 2.24) is 0 Å². The molecular weight excluding hydrogens is 186 g/mol. The van der Waals surface area contributed by atoms with Gasteiger partial charge in [-0.15, -0.1) is 0 Å². The third kappa shape index (κ3) is 1.75. The number of rotatable bonds is 1. The van der Waals surface area contributed by atoms with Crippen LogP contribution in [-0.4, -0.2) is 0 Å². The van der Waals surface area contributed by atoms with Crippen LogP contribution in [0.5, 0.6) is 0 Å². The van der Waals surface area contributed by atoms with Crippen molar-refractivity contribution in [3.63, 3.8) is 0 Å². The lowest BCUT2D eigenvalue weighted by atomic mass is 10.0. The van der Waals surface area contributed by atoms with Crippen LogP contribution in [0.1, 0.15) is 17.1 Å². The van der Waals surface area contributed by atoms with Crippen molar-refractivity contribution in [1.29, 1.82) is 0 Å². The van der Waals surface area contributed by atoms with Crippen LogP contribution in [0.15, 0.2) is 28.7 Å². The molecule has 0 fully saturated rings. The Morgan fingerprint density at radius 1 is 1.00 bits per heavy atom. The third-order valence-corrected chi connectivity index (χ3v) is 2.54. The van der Waals surface area contributed by atoms with Gasteiger partial charge in [-0.25, -0.2) is 0 Å². The number of nitrogens with two attached hydrogens (primary N) is 1. The first kappa shape index (κ1) is 9.84. The summed E-state index contributed by atoms with van der Waals surface area (Å²) in [6.07, 6.45) is 0. The van der Waals surface area contributed by atoms with Gasteiger partial charge in [-0.1, -0.05) is 12.1 Å². The molecule has 78 valence electrons. The second-order valence-electron chi connectivity index (χ2n) is 3.92. The highest BCUT2D eigenvalue weighted by Gasteiger charge is 2.09. The molecule has 0 saturated carbocycles. The third-order valence-electron chi connectivity index (χ3n) is 2.54. The van der Waals surface area contributed by atoms with Crippen molar-refractivity contribution in [2.45, 2.75) is 20.8 Å². The van der Waals surface area contributed by atoms with Crippen molar-refractivity contribution >= 4 is 5.69 Å². The Morgan fingerprint density at radius 2 is 1.73 bits per heavy atom. The molecule has 2 nitrogen and oxygen atoms in total. The number of anilines is 1. The standard InChI is InChI=1S/C13H15NO/c1-8-4-5-11(13(14)6-8)12-7-9(2)15-10(12)3/h4-7H,14H2,1-3H3. The Morgan fingerprint density at radius 3 is 2.27 bits per heavy atom. The summed E-state index contributed by atoms with van der Waals surface area (Å²) in [6.45, 7) is 5.94. The number of aryl methyl sites for hydroxylation is 3. The van der Waals surface area contributed by atoms with Crippen molar-refractivity contribution in [2.75, 3.05) is 5.73 Å². The summed E-state index contributed by atoms with van der Waals surface area (Å²) in [5, 5.41) is 0. The van der Waals surface area contributed by atoms with Crippen LogP contribution in [0.4, 0.5) is 5.69 Å². The van der Waals surface area contributed by atoms with Crippen LogP contribution in [0.2, 0.25) is 0 Å². The average Bonchev–Trinajstić information content (AvgIpc) is 2.45. The number of nitrogen functional groups attached to an aromatic ring is 1. The van der Waals surface area contributed by atoms with Gasteiger partial charge >= 0.3 is 0 Å². The predicted molar refractivity (Wildman–Crippen MR) is 62.8 cm³/mol. The molecule has 2 heteroatoms. The highest BCUT2D eigenvalue weighted by molar-refractivity contribution is 5.78. The highest BCUT2D eigenvalue weighted by atomic mass is 16.3. The van der Waals surface area contributed by atoms with E-state index in [0.29, 0.717) is 0 Å². The Labute approximate surface area is 89.7 Å². The van der Waals surface area contributed by atoms with E-state index >= 15 is 0 Å². The molecule has 2 N–H and O–H groups in total. The van der Waals surface area contributed by atoms with E-state index in [1.54, 1.807) is 0 Å². The maximum absolute atomic E-state index is 5.99. The van der Waals surface area contributed by atoms with Gasteiger partial charge in [0.25, 0.3) is 0 Å². The molecule has 1 heterocycles. The first-order chi connectivity index (χ1) is 7.08. The first-order valence-corrected chi connectivity index (χ1v) is 5.01. The molecule has 0 aliphatic carbocycles. The average molecular weight is 201 g/mol. The molecule has 0 aliphatic heterocycles. The van der Waals surface area contributed by atoms with Crippen LogP contribution in [0.25, 0.3) is 11.1 Å². The Kier molecular flexibility index (Phi) is 2.27. The van der Waals surface area contributed by atoms with Crippen molar-refractivity contribution < 1.29 is 4.42 Å². The van der Waals surface area contributed by atoms with Crippen LogP contribution >= 0.6 is 0 Å². The lowest BCUT2D eigenvalue weighted by molar-refractivity contribution is 0.505. The second kappa shape index (κ2) is 3.46. The van der Waals surface area contributed by atoms with Crippen LogP contribution < -0.4 is 5.73 Å². The molecule has 0 saturated heterocycles. The van der Waals surface area contributed by atoms with Crippen LogP contribution in [-0.2, 0) is 0 Å². The molecule has 0 spiro atoms. The molecule has 0 amide bonds. The summed E-state index contributed by atoms with van der Waals surface area (Å²) in [4.78, 5) is 0. The minimum absolute atomic E-state index is 0.805. The van der Waals surface area contributed by atoms with Gasteiger partial charge in [0.05, 0.1) is 0 Å². The van der Waals surface area contributed by atoms with E-state index in [1.807, 2.05) is 39.0 Å². The van der Waals surface area contributed by atoms with Gasteiger partial charge in [-0.05, 0) is 38.5 Å². The van der Waals surface area contributed by atoms with Crippen molar-refractivity contribution in [2.24, 2.45) is 0 Å². The van der Waals surface area contributed by atoms with E-state index in [9.17, 15) is 0 Å². The molecule has 2 aromatic rings. The molecule has 15 heavy (non-hydrogen) atoms. The molecule has 1 aromatic carbocycles. The SMILES string of the molecule is Cc1ccc(-c2cc(C)oc2C)c(N)c1. The fraction of sp³-hybridized carbons (Fsp3) is 0.231. The van der Waals surface area contributed by atoms with E-state index in [1.165, 1.54) is 5.56 Å². The van der Waals surface area contributed by atoms with Crippen molar-refractivity contribution in [3.05, 3.63) is 41.3 Å². The summed E-state index contributed by atoms with van der Waals surface area (Å²) in [5.41, 5.74) is 10.1. The van der Waals surface area contributed by atoms with E-state index in [2.05, 4.69) is 6.07 Å². The van der Waals surface area contributed by atoms with Gasteiger partial charge in [0.15, 0.2) is 0 Å². The lowest BCUT2D eigenvalue weighted by Crippen LogP contribution is -1.90. The van der Waals surface area contributed by atoms with Gasteiger partial charge in [-0.3, -0.25) is 0 Å². The number of benzene rings is 1. The monoisotopic (exact) mass is 201 g/mol. The lowest BCUT2D eigenvalue weighted by Gasteiger charge is -2.04. The van der Waals surface area contributed by atoms with E-state index in [-0.39, 0.29) is 0 Å². The van der Waals surface area contributed by atoms with E-state index < -0.39 is 0 Å². The normalized spacial score (nSPS) is 10.6. The zero-order valence-corrected chi connectivity index (χ0v) is 9.29. The Hall–Kier alpha value is -1.70. The van der Waals surface area contributed by atoms with Crippen LogP contribution in [0.3, 0.4) is 0 Å². The maximum atomic E-state index is 5.99. The van der Waals surface area contributed by atoms with Gasteiger partial charge in [0, 0.05) is 16.8 Å². The summed E-state index contributed by atoms with van der Waals surface area (Å²) < 4.78 is 5.50. The highest BCUT2D eigenvalue weighted by Crippen LogP contribution is 2.31. The van der Waals surface area contributed by atoms with Crippen molar-refractivity contribution in [3.8, 4) is 11.1 Å². The topological polar surface area (TPSA) is 39.2 Å². The fourth-order valence-corrected chi connectivity index (χ4v) is 1.83. The van der Waals surface area contributed by atoms with Gasteiger partial charge in [0.2, 0.25) is 0 Å². The minimum atomic E-state index is 0.805. The second-order valence-corrected chi connectivity index (χ2v) is 3.92. The Bertz CT molecular complexity index is 497. The largest absolute Gasteiger partial charge is 0.466 e. The molecule has 2 rings (SSSR count). The van der Waals surface area contributed by atoms with Gasteiger partial charge < -0.3 is 10.2 Å². The molecule has 0 bridgehead atoms. The minimum Gasteiger partial charge on any atom is -0.466 e. The summed E-state index contributed by atoms with van der Waals surface area (Å²) >= 11 is 0. The molecule has 0 aliphatic rings.